The lowest BCUT2D eigenvalue weighted by atomic mass is 9.97. The van der Waals surface area contributed by atoms with Crippen molar-refractivity contribution in [3.8, 4) is 0 Å². The van der Waals surface area contributed by atoms with Gasteiger partial charge in [0, 0.05) is 0 Å². The van der Waals surface area contributed by atoms with Gasteiger partial charge in [0.05, 0.1) is 63.6 Å². The molecule has 0 saturated carbocycles. The van der Waals surface area contributed by atoms with Gasteiger partial charge < -0.3 is 37.3 Å². The van der Waals surface area contributed by atoms with Gasteiger partial charge in [-0.3, -0.25) is 0 Å². The number of nitrogens with one attached hydrogen (secondary N) is 1. The monoisotopic (exact) mass is 1360 g/mol. The van der Waals surface area contributed by atoms with Crippen LogP contribution in [0.1, 0.15) is 251 Å². The Morgan fingerprint density at radius 1 is 0.436 bits per heavy atom. The molecule has 1 saturated heterocycles. The van der Waals surface area contributed by atoms with E-state index >= 15 is 8.42 Å². The molecule has 0 amide bonds. The van der Waals surface area contributed by atoms with Crippen LogP contribution in [-0.4, -0.2) is 93.0 Å². The van der Waals surface area contributed by atoms with E-state index in [1.54, 1.807) is 0 Å². The van der Waals surface area contributed by atoms with Crippen molar-refractivity contribution in [3.05, 3.63) is 144 Å². The van der Waals surface area contributed by atoms with Gasteiger partial charge in [0.1, 0.15) is 24.4 Å². The van der Waals surface area contributed by atoms with Crippen molar-refractivity contribution in [1.29, 1.82) is 0 Å². The minimum atomic E-state index is -3.92. The third-order valence-electron chi connectivity index (χ3n) is 20.0. The van der Waals surface area contributed by atoms with Crippen LogP contribution in [0, 0.1) is 0 Å². The lowest BCUT2D eigenvalue weighted by Gasteiger charge is -2.48. The largest absolute Gasteiger partial charge is 0.411 e. The minimum Gasteiger partial charge on any atom is -0.411 e. The maximum atomic E-state index is 15.2. The van der Waals surface area contributed by atoms with Crippen LogP contribution in [0.5, 0.6) is 0 Å². The fourth-order valence-corrected chi connectivity index (χ4v) is 16.1. The Morgan fingerprint density at radius 2 is 0.787 bits per heavy atom. The normalized spacial score (nSPS) is 18.5. The zero-order valence-corrected chi connectivity index (χ0v) is 64.0. The van der Waals surface area contributed by atoms with E-state index in [1.807, 2.05) is 84.9 Å². The van der Waals surface area contributed by atoms with Gasteiger partial charge in [-0.2, -0.15) is 0 Å². The highest BCUT2D eigenvalue weighted by Gasteiger charge is 2.51. The molecule has 0 bridgehead atoms. The van der Waals surface area contributed by atoms with E-state index in [2.05, 4.69) is 123 Å². The summed E-state index contributed by atoms with van der Waals surface area (Å²) in [5.74, 6) is 0.000240. The smallest absolute Gasteiger partial charge is 0.212 e. The van der Waals surface area contributed by atoms with E-state index in [0.29, 0.717) is 13.0 Å². The summed E-state index contributed by atoms with van der Waals surface area (Å²) in [6, 6.07) is 39.7. The molecule has 14 heteroatoms. The molecule has 1 N–H and O–H groups in total. The van der Waals surface area contributed by atoms with E-state index in [4.69, 9.17) is 37.3 Å². The maximum absolute atomic E-state index is 15.2. The first-order valence-electron chi connectivity index (χ1n) is 37.3. The molecule has 4 aromatic rings. The summed E-state index contributed by atoms with van der Waals surface area (Å²) in [7, 11) is -9.13. The van der Waals surface area contributed by atoms with Crippen LogP contribution in [0.15, 0.2) is 121 Å². The van der Waals surface area contributed by atoms with Gasteiger partial charge in [0.15, 0.2) is 22.9 Å². The van der Waals surface area contributed by atoms with Gasteiger partial charge in [-0.05, 0) is 71.4 Å². The number of hydrogen-bond acceptors (Lipinski definition) is 10. The number of ether oxygens (including phenoxy) is 6. The molecule has 8 atom stereocenters. The molecule has 0 aromatic heterocycles. The summed E-state index contributed by atoms with van der Waals surface area (Å²) in [5, 5.41) is -0.345. The highest BCUT2D eigenvalue weighted by molar-refractivity contribution is 7.89. The fourth-order valence-electron chi connectivity index (χ4n) is 12.0. The van der Waals surface area contributed by atoms with Crippen molar-refractivity contribution in [2.24, 2.45) is 0 Å². The Bertz CT molecular complexity index is 2620. The summed E-state index contributed by atoms with van der Waals surface area (Å²) >= 11 is 0. The predicted octanol–water partition coefficient (Wildman–Crippen LogP) is 21.3. The number of rotatable bonds is 52. The molecule has 1 aliphatic heterocycles. The van der Waals surface area contributed by atoms with Gasteiger partial charge in [0.25, 0.3) is 0 Å². The van der Waals surface area contributed by atoms with Crippen LogP contribution in [-0.2, 0) is 73.7 Å². The summed E-state index contributed by atoms with van der Waals surface area (Å²) in [5.41, 5.74) is 4.00. The highest BCUT2D eigenvalue weighted by Crippen LogP contribution is 2.42. The van der Waals surface area contributed by atoms with Crippen LogP contribution < -0.4 is 4.72 Å². The van der Waals surface area contributed by atoms with Crippen molar-refractivity contribution in [2.45, 2.75) is 340 Å². The number of benzene rings is 4. The van der Waals surface area contributed by atoms with Crippen LogP contribution in [0.25, 0.3) is 0 Å². The molecular formula is C80H133NO10SSi2. The average molecular weight is 1360 g/mol. The molecule has 94 heavy (non-hydrogen) atoms. The number of sulfonamides is 1. The first kappa shape index (κ1) is 81.6. The summed E-state index contributed by atoms with van der Waals surface area (Å²) in [4.78, 5) is 0. The van der Waals surface area contributed by atoms with Crippen molar-refractivity contribution in [1.82, 2.24) is 4.72 Å². The first-order valence-corrected chi connectivity index (χ1v) is 44.8. The van der Waals surface area contributed by atoms with E-state index < -0.39 is 75.6 Å². The number of hydrogen-bond donors (Lipinski definition) is 1. The second-order valence-electron chi connectivity index (χ2n) is 30.2. The van der Waals surface area contributed by atoms with Gasteiger partial charge in [-0.25, -0.2) is 13.1 Å². The maximum Gasteiger partial charge on any atom is 0.212 e. The van der Waals surface area contributed by atoms with Crippen LogP contribution in [0.3, 0.4) is 0 Å². The molecule has 1 heterocycles. The summed E-state index contributed by atoms with van der Waals surface area (Å²) in [6.45, 7) is 28.5. The first-order chi connectivity index (χ1) is 45.1. The van der Waals surface area contributed by atoms with Crippen molar-refractivity contribution in [2.75, 3.05) is 19.0 Å². The Hall–Kier alpha value is -3.10. The molecule has 5 rings (SSSR count). The zero-order valence-electron chi connectivity index (χ0n) is 61.2. The van der Waals surface area contributed by atoms with Gasteiger partial charge >= 0.3 is 0 Å². The third-order valence-corrected chi connectivity index (χ3v) is 30.4. The van der Waals surface area contributed by atoms with Crippen molar-refractivity contribution in [3.63, 3.8) is 0 Å². The molecule has 1 aliphatic rings. The minimum absolute atomic E-state index is 0.000240. The van der Waals surface area contributed by atoms with Gasteiger partial charge in [0.2, 0.25) is 10.0 Å². The quantitative estimate of drug-likeness (QED) is 0.0338. The Balaban J connectivity index is 1.55. The molecule has 0 radical (unpaired) electrons. The Kier molecular flexibility index (Phi) is 38.9. The SMILES string of the molecule is CCCCCCCCCCCCCCCCS(=O)(=O)N[C@@H](CO[C@H]1OC(COCc2ccccc2)[C@H](OCc2ccccc2)[C@@H](OCc2ccccc2)C1OCc1ccccc1)[C@@H](O[Si](C)(C)C(C)(C)C)[C@@H](CCCCCCCCCCCCCC)O[Si](C)(C)C(C)(C)C. The topological polar surface area (TPSA) is 120 Å². The van der Waals surface area contributed by atoms with Crippen molar-refractivity contribution >= 4 is 26.7 Å². The molecule has 0 spiro atoms. The van der Waals surface area contributed by atoms with Crippen LogP contribution in [0.4, 0.5) is 0 Å². The van der Waals surface area contributed by atoms with E-state index in [0.717, 1.165) is 67.2 Å². The van der Waals surface area contributed by atoms with E-state index in [-0.39, 0.29) is 48.9 Å². The van der Waals surface area contributed by atoms with Gasteiger partial charge in [-0.15, -0.1) is 0 Å². The standard InChI is InChI=1S/C80H133NO10SSi2/c1-13-15-17-19-21-23-25-27-28-30-32-34-36-50-60-92(82,83)81-71(74(91-94(11,12)80(6,7)8)72(90-93(9,10)79(3,4)5)59-49-35-33-31-29-26-24-22-20-18-16-14-2)65-88-78-77(87-64-70-57-47-40-48-58-70)76(86-63-69-55-45-39-46-56-69)75(85-62-68-53-43-38-44-54-68)73(89-78)66-84-61-67-51-41-37-42-52-67/h37-48,51-58,71-78,81H,13-36,49-50,59-66H2,1-12H3/t71-,72+,73?,74+,75-,76+,77?,78-/m0/s1. The molecular weight excluding hydrogens is 1220 g/mol. The Morgan fingerprint density at radius 3 is 1.19 bits per heavy atom. The molecule has 1 fully saturated rings. The van der Waals surface area contributed by atoms with Gasteiger partial charge in [-0.1, -0.05) is 337 Å². The average Bonchev–Trinajstić information content (AvgIpc) is 0.802. The van der Waals surface area contributed by atoms with Crippen LogP contribution in [0.2, 0.25) is 36.3 Å². The van der Waals surface area contributed by atoms with E-state index in [1.165, 1.54) is 122 Å². The predicted molar refractivity (Wildman–Crippen MR) is 397 cm³/mol. The summed E-state index contributed by atoms with van der Waals surface area (Å²) in [6.07, 6.45) is 27.0. The second-order valence-corrected chi connectivity index (χ2v) is 41.6. The highest BCUT2D eigenvalue weighted by atomic mass is 32.2. The zero-order chi connectivity index (χ0) is 68.0. The second kappa shape index (κ2) is 44.8. The molecule has 11 nitrogen and oxygen atoms in total. The fraction of sp³-hybridized carbons (Fsp3) is 0.700. The number of unbranched alkanes of at least 4 members (excludes halogenated alkanes) is 24. The molecule has 4 aromatic carbocycles. The lowest BCUT2D eigenvalue weighted by molar-refractivity contribution is -0.329. The molecule has 0 aliphatic carbocycles. The summed E-state index contributed by atoms with van der Waals surface area (Å²) < 4.78 is 91.9. The van der Waals surface area contributed by atoms with Crippen LogP contribution >= 0.6 is 0 Å². The third kappa shape index (κ3) is 31.8. The molecule has 532 valence electrons. The van der Waals surface area contributed by atoms with Crippen molar-refractivity contribution < 1.29 is 45.7 Å². The lowest BCUT2D eigenvalue weighted by Crippen LogP contribution is -2.63. The van der Waals surface area contributed by atoms with E-state index in [9.17, 15) is 0 Å². The Labute approximate surface area is 576 Å². The molecule has 2 unspecified atom stereocenters.